The molecule has 0 spiro atoms. The number of carbonyl (C=O) groups is 3. The highest BCUT2D eigenvalue weighted by atomic mass is 32.2. The van der Waals surface area contributed by atoms with Gasteiger partial charge in [-0.2, -0.15) is 11.8 Å². The van der Waals surface area contributed by atoms with Crippen LogP contribution in [-0.4, -0.2) is 47.8 Å². The molecule has 0 aliphatic carbocycles. The maximum absolute atomic E-state index is 12.3. The molecule has 0 atom stereocenters. The van der Waals surface area contributed by atoms with Crippen molar-refractivity contribution in [3.05, 3.63) is 59.7 Å². The third-order valence-electron chi connectivity index (χ3n) is 4.16. The van der Waals surface area contributed by atoms with Crippen LogP contribution in [0.2, 0.25) is 0 Å². The maximum atomic E-state index is 12.3. The van der Waals surface area contributed by atoms with Crippen LogP contribution in [0.15, 0.2) is 48.5 Å². The molecule has 0 saturated heterocycles. The number of hydrogen-bond donors (Lipinski definition) is 1. The number of hydrogen-bond acceptors (Lipinski definition) is 5. The lowest BCUT2D eigenvalue weighted by Crippen LogP contribution is -2.31. The quantitative estimate of drug-likeness (QED) is 0.559. The van der Waals surface area contributed by atoms with Gasteiger partial charge in [0.2, 0.25) is 5.91 Å². The van der Waals surface area contributed by atoms with Gasteiger partial charge in [-0.3, -0.25) is 19.3 Å². The molecule has 1 aliphatic heterocycles. The number of rotatable bonds is 8. The number of amides is 3. The van der Waals surface area contributed by atoms with Crippen LogP contribution in [0.5, 0.6) is 5.75 Å². The van der Waals surface area contributed by atoms with E-state index in [1.54, 1.807) is 43.5 Å². The van der Waals surface area contributed by atoms with E-state index in [0.717, 1.165) is 0 Å². The van der Waals surface area contributed by atoms with E-state index in [2.05, 4.69) is 5.32 Å². The lowest BCUT2D eigenvalue weighted by atomic mass is 10.1. The van der Waals surface area contributed by atoms with Crippen LogP contribution in [0.4, 0.5) is 5.69 Å². The number of thioether (sulfide) groups is 1. The van der Waals surface area contributed by atoms with Gasteiger partial charge in [0.15, 0.2) is 0 Å². The van der Waals surface area contributed by atoms with Crippen LogP contribution < -0.4 is 10.1 Å². The minimum atomic E-state index is -0.241. The second kappa shape index (κ2) is 8.73. The molecular formula is C20H20N2O4S. The predicted molar refractivity (Wildman–Crippen MR) is 105 cm³/mol. The summed E-state index contributed by atoms with van der Waals surface area (Å²) in [6.45, 7) is 0.355. The molecule has 6 nitrogen and oxygen atoms in total. The number of anilines is 1. The lowest BCUT2D eigenvalue weighted by molar-refractivity contribution is -0.113. The fourth-order valence-corrected chi connectivity index (χ4v) is 3.60. The highest BCUT2D eigenvalue weighted by Crippen LogP contribution is 2.24. The van der Waals surface area contributed by atoms with Crippen molar-refractivity contribution in [2.75, 3.05) is 30.5 Å². The molecule has 0 radical (unpaired) electrons. The molecule has 0 fully saturated rings. The Balaban J connectivity index is 1.40. The van der Waals surface area contributed by atoms with Crippen LogP contribution >= 0.6 is 11.8 Å². The summed E-state index contributed by atoms with van der Waals surface area (Å²) in [5.74, 6) is 0.975. The van der Waals surface area contributed by atoms with Gasteiger partial charge in [-0.05, 0) is 36.4 Å². The summed E-state index contributed by atoms with van der Waals surface area (Å²) in [6, 6.07) is 14.1. The Kier molecular flexibility index (Phi) is 6.13. The van der Waals surface area contributed by atoms with Crippen molar-refractivity contribution in [2.45, 2.75) is 6.42 Å². The third kappa shape index (κ3) is 4.31. The van der Waals surface area contributed by atoms with Gasteiger partial charge in [-0.25, -0.2) is 0 Å². The van der Waals surface area contributed by atoms with Gasteiger partial charge in [-0.15, -0.1) is 0 Å². The Morgan fingerprint density at radius 3 is 2.33 bits per heavy atom. The molecule has 2 aromatic carbocycles. The summed E-state index contributed by atoms with van der Waals surface area (Å²) in [5, 5.41) is 2.82. The van der Waals surface area contributed by atoms with Crippen molar-refractivity contribution in [1.82, 2.24) is 4.90 Å². The van der Waals surface area contributed by atoms with Gasteiger partial charge in [0.25, 0.3) is 11.8 Å². The van der Waals surface area contributed by atoms with Crippen molar-refractivity contribution in [3.8, 4) is 5.75 Å². The highest BCUT2D eigenvalue weighted by molar-refractivity contribution is 7.99. The molecule has 0 bridgehead atoms. The van der Waals surface area contributed by atoms with Gasteiger partial charge >= 0.3 is 0 Å². The minimum absolute atomic E-state index is 0.120. The Morgan fingerprint density at radius 2 is 1.67 bits per heavy atom. The zero-order valence-electron chi connectivity index (χ0n) is 14.9. The maximum Gasteiger partial charge on any atom is 0.261 e. The summed E-state index contributed by atoms with van der Waals surface area (Å²) >= 11 is 1.46. The molecule has 2 aromatic rings. The zero-order chi connectivity index (χ0) is 19.2. The number of imide groups is 1. The number of nitrogens with one attached hydrogen (secondary N) is 1. The summed E-state index contributed by atoms with van der Waals surface area (Å²) in [4.78, 5) is 37.9. The smallest absolute Gasteiger partial charge is 0.261 e. The summed E-state index contributed by atoms with van der Waals surface area (Å²) in [7, 11) is 1.55. The monoisotopic (exact) mass is 384 g/mol. The van der Waals surface area contributed by atoms with Crippen molar-refractivity contribution < 1.29 is 19.1 Å². The molecule has 140 valence electrons. The van der Waals surface area contributed by atoms with Gasteiger partial charge in [0.05, 0.1) is 29.7 Å². The fraction of sp³-hybridized carbons (Fsp3) is 0.250. The van der Waals surface area contributed by atoms with Crippen molar-refractivity contribution in [3.63, 3.8) is 0 Å². The number of fused-ring (bicyclic) bond motifs is 1. The Morgan fingerprint density at radius 1 is 1.04 bits per heavy atom. The second-order valence-corrected chi connectivity index (χ2v) is 7.07. The highest BCUT2D eigenvalue weighted by Gasteiger charge is 2.34. The van der Waals surface area contributed by atoms with Gasteiger partial charge < -0.3 is 10.1 Å². The first-order valence-corrected chi connectivity index (χ1v) is 9.73. The molecule has 1 N–H and O–H groups in total. The molecule has 3 rings (SSSR count). The van der Waals surface area contributed by atoms with Crippen molar-refractivity contribution in [1.29, 1.82) is 0 Å². The number of methoxy groups -OCH3 is 1. The first-order valence-electron chi connectivity index (χ1n) is 8.57. The summed E-state index contributed by atoms with van der Waals surface area (Å²) in [5.41, 5.74) is 1.56. The first kappa shape index (κ1) is 19.0. The van der Waals surface area contributed by atoms with Crippen LogP contribution in [0.25, 0.3) is 0 Å². The average Bonchev–Trinajstić information content (AvgIpc) is 2.93. The second-order valence-electron chi connectivity index (χ2n) is 5.96. The zero-order valence-corrected chi connectivity index (χ0v) is 15.8. The number of ether oxygens (including phenoxy) is 1. The van der Waals surface area contributed by atoms with E-state index in [9.17, 15) is 14.4 Å². The molecule has 1 aliphatic rings. The number of para-hydroxylation sites is 2. The molecule has 0 saturated carbocycles. The summed E-state index contributed by atoms with van der Waals surface area (Å²) < 4.78 is 5.20. The van der Waals surface area contributed by atoms with E-state index < -0.39 is 0 Å². The fourth-order valence-electron chi connectivity index (χ4n) is 2.87. The molecule has 0 aromatic heterocycles. The third-order valence-corrected chi connectivity index (χ3v) is 5.21. The Hall–Kier alpha value is -2.80. The van der Waals surface area contributed by atoms with E-state index in [1.807, 2.05) is 12.1 Å². The molecule has 3 amide bonds. The SMILES string of the molecule is COc1ccccc1NC(=O)CSCCCN1C(=O)c2ccccc2C1=O. The van der Waals surface area contributed by atoms with E-state index in [0.29, 0.717) is 47.0 Å². The minimum Gasteiger partial charge on any atom is -0.495 e. The van der Waals surface area contributed by atoms with E-state index >= 15 is 0 Å². The van der Waals surface area contributed by atoms with Crippen LogP contribution in [-0.2, 0) is 4.79 Å². The molecule has 1 heterocycles. The van der Waals surface area contributed by atoms with E-state index in [1.165, 1.54) is 16.7 Å². The van der Waals surface area contributed by atoms with Gasteiger partial charge in [0.1, 0.15) is 5.75 Å². The molecule has 7 heteroatoms. The number of benzene rings is 2. The van der Waals surface area contributed by atoms with Crippen LogP contribution in [0.1, 0.15) is 27.1 Å². The van der Waals surface area contributed by atoms with Gasteiger partial charge in [-0.1, -0.05) is 24.3 Å². The Bertz CT molecular complexity index is 834. The normalized spacial score (nSPS) is 12.9. The van der Waals surface area contributed by atoms with Crippen molar-refractivity contribution in [2.24, 2.45) is 0 Å². The van der Waals surface area contributed by atoms with E-state index in [4.69, 9.17) is 4.74 Å². The molecule has 0 unspecified atom stereocenters. The standard InChI is InChI=1S/C20H20N2O4S/c1-26-17-10-5-4-9-16(17)21-18(23)13-27-12-6-11-22-19(24)14-7-2-3-8-15(14)20(22)25/h2-5,7-10H,6,11-13H2,1H3,(H,21,23). The van der Waals surface area contributed by atoms with Gasteiger partial charge in [0, 0.05) is 6.54 Å². The average molecular weight is 384 g/mol. The summed E-state index contributed by atoms with van der Waals surface area (Å²) in [6.07, 6.45) is 0.637. The van der Waals surface area contributed by atoms with Crippen molar-refractivity contribution >= 4 is 35.2 Å². The largest absolute Gasteiger partial charge is 0.495 e. The lowest BCUT2D eigenvalue weighted by Gasteiger charge is -2.13. The molecule has 27 heavy (non-hydrogen) atoms. The number of nitrogens with zero attached hydrogens (tertiary/aromatic N) is 1. The Labute approximate surface area is 161 Å². The predicted octanol–water partition coefficient (Wildman–Crippen LogP) is 3.05. The van der Waals surface area contributed by atoms with E-state index in [-0.39, 0.29) is 17.7 Å². The van der Waals surface area contributed by atoms with Crippen LogP contribution in [0.3, 0.4) is 0 Å². The topological polar surface area (TPSA) is 75.7 Å². The molecular weight excluding hydrogens is 364 g/mol. The number of carbonyl (C=O) groups excluding carboxylic acids is 3. The van der Waals surface area contributed by atoms with Crippen LogP contribution in [0, 0.1) is 0 Å². The first-order chi connectivity index (χ1) is 13.1.